The minimum atomic E-state index is -3.09. The summed E-state index contributed by atoms with van der Waals surface area (Å²) in [5, 5.41) is 1.11. The van der Waals surface area contributed by atoms with Gasteiger partial charge in [0, 0.05) is 55.6 Å². The molecule has 5 heterocycles. The van der Waals surface area contributed by atoms with Crippen LogP contribution in [0.5, 0.6) is 0 Å². The maximum Gasteiger partial charge on any atom is 0.211 e. The second-order valence-electron chi connectivity index (χ2n) is 11.5. The number of fused-ring (bicyclic) bond motifs is 1. The van der Waals surface area contributed by atoms with Gasteiger partial charge in [-0.15, -0.1) is 0 Å². The number of aromatic nitrogens is 2. The smallest absolute Gasteiger partial charge is 0.211 e. The number of pyridine rings is 2. The van der Waals surface area contributed by atoms with Crippen LogP contribution in [0, 0.1) is 18.3 Å². The average molecular weight is 582 g/mol. The number of nitrogens with zero attached hydrogens (tertiary/aromatic N) is 4. The number of aryl methyl sites for hydroxylation is 1. The number of hydrogen-bond acceptors (Lipinski definition) is 8. The summed E-state index contributed by atoms with van der Waals surface area (Å²) in [5.74, 6) is 1.32. The largest absolute Gasteiger partial charge is 0.370 e. The first-order chi connectivity index (χ1) is 18.0. The summed E-state index contributed by atoms with van der Waals surface area (Å²) in [6, 6.07) is 4.78. The van der Waals surface area contributed by atoms with E-state index in [0.717, 1.165) is 55.0 Å². The molecule has 1 aliphatic carbocycles. The molecule has 38 heavy (non-hydrogen) atoms. The van der Waals surface area contributed by atoms with Crippen LogP contribution in [0.25, 0.3) is 0 Å². The lowest BCUT2D eigenvalue weighted by Crippen LogP contribution is -2.73. The van der Waals surface area contributed by atoms with Gasteiger partial charge in [-0.05, 0) is 50.7 Å². The molecule has 2 aromatic heterocycles. The van der Waals surface area contributed by atoms with Crippen LogP contribution in [0.3, 0.4) is 0 Å². The van der Waals surface area contributed by atoms with Crippen molar-refractivity contribution in [1.82, 2.24) is 25.1 Å². The Morgan fingerprint density at radius 1 is 1.11 bits per heavy atom. The summed E-state index contributed by atoms with van der Waals surface area (Å²) in [7, 11) is -3.09. The second-order valence-corrected chi connectivity index (χ2v) is 14.3. The molecule has 0 aromatic carbocycles. The zero-order valence-corrected chi connectivity index (χ0v) is 24.2. The molecule has 0 bridgehead atoms. The fourth-order valence-corrected chi connectivity index (χ4v) is 8.28. The lowest BCUT2D eigenvalue weighted by Gasteiger charge is -2.59. The van der Waals surface area contributed by atoms with Crippen LogP contribution in [0.1, 0.15) is 55.2 Å². The van der Waals surface area contributed by atoms with Gasteiger partial charge in [0.15, 0.2) is 0 Å². The molecule has 3 aliphatic heterocycles. The van der Waals surface area contributed by atoms with Crippen molar-refractivity contribution in [3.8, 4) is 0 Å². The highest BCUT2D eigenvalue weighted by atomic mass is 35.5. The molecule has 4 unspecified atom stereocenters. The highest BCUT2D eigenvalue weighted by Gasteiger charge is 2.54. The van der Waals surface area contributed by atoms with E-state index in [4.69, 9.17) is 32.9 Å². The van der Waals surface area contributed by atoms with Crippen molar-refractivity contribution in [1.29, 1.82) is 0 Å². The van der Waals surface area contributed by atoms with E-state index in [1.54, 1.807) is 10.5 Å². The summed E-state index contributed by atoms with van der Waals surface area (Å²) in [6.07, 6.45) is 7.69. The molecule has 2 N–H and O–H groups in total. The number of sulfonamides is 1. The van der Waals surface area contributed by atoms with E-state index in [1.165, 1.54) is 6.26 Å². The highest BCUT2D eigenvalue weighted by Crippen LogP contribution is 2.44. The van der Waals surface area contributed by atoms with Gasteiger partial charge in [-0.3, -0.25) is 10.4 Å². The number of hydrazine groups is 1. The molecule has 3 saturated heterocycles. The van der Waals surface area contributed by atoms with Gasteiger partial charge < -0.3 is 9.64 Å². The Kier molecular flexibility index (Phi) is 6.90. The standard InChI is InChI=1S/C26H34Cl2N6O3S/c1-15-24(28)23(20(27)10-29-15)16(2)37-18-5-6-21-19(8-18)25(32-31-21)17-4-7-22(30-9-17)33-11-26(12-33)13-34(14-26)38(3,35)36/h4,7,9-10,16,18-19,21,25,31-32H,5-6,8,11-14H2,1-3H3/t16-,18?,19?,21?,25?/m1/s1. The van der Waals surface area contributed by atoms with Crippen molar-refractivity contribution >= 4 is 39.0 Å². The van der Waals surface area contributed by atoms with Crippen LogP contribution >= 0.6 is 23.2 Å². The van der Waals surface area contributed by atoms with Gasteiger partial charge in [0.2, 0.25) is 10.0 Å². The van der Waals surface area contributed by atoms with Gasteiger partial charge in [-0.1, -0.05) is 29.3 Å². The van der Waals surface area contributed by atoms with Crippen LogP contribution in [-0.2, 0) is 14.8 Å². The Morgan fingerprint density at radius 3 is 2.55 bits per heavy atom. The Balaban J connectivity index is 1.07. The van der Waals surface area contributed by atoms with Gasteiger partial charge in [0.25, 0.3) is 0 Å². The molecule has 2 aromatic rings. The number of hydrogen-bond donors (Lipinski definition) is 2. The van der Waals surface area contributed by atoms with E-state index < -0.39 is 10.0 Å². The Labute approximate surface area is 234 Å². The molecule has 12 heteroatoms. The molecule has 5 atom stereocenters. The van der Waals surface area contributed by atoms with E-state index in [9.17, 15) is 8.42 Å². The van der Waals surface area contributed by atoms with E-state index in [2.05, 4.69) is 32.9 Å². The first-order valence-electron chi connectivity index (χ1n) is 13.2. The van der Waals surface area contributed by atoms with E-state index in [-0.39, 0.29) is 23.7 Å². The molecule has 6 rings (SSSR count). The second kappa shape index (κ2) is 9.83. The Morgan fingerprint density at radius 2 is 1.87 bits per heavy atom. The molecular weight excluding hydrogens is 547 g/mol. The number of rotatable bonds is 6. The Bertz CT molecular complexity index is 1310. The molecule has 9 nitrogen and oxygen atoms in total. The van der Waals surface area contributed by atoms with E-state index in [0.29, 0.717) is 35.1 Å². The molecule has 206 valence electrons. The number of halogens is 2. The third-order valence-corrected chi connectivity index (χ3v) is 10.7. The van der Waals surface area contributed by atoms with Crippen LogP contribution in [0.15, 0.2) is 24.5 Å². The normalized spacial score (nSPS) is 29.6. The van der Waals surface area contributed by atoms with Gasteiger partial charge in [0.1, 0.15) is 5.82 Å². The van der Waals surface area contributed by atoms with Crippen LogP contribution < -0.4 is 15.8 Å². The quantitative estimate of drug-likeness (QED) is 0.534. The predicted octanol–water partition coefficient (Wildman–Crippen LogP) is 3.64. The van der Waals surface area contributed by atoms with Gasteiger partial charge in [-0.25, -0.2) is 23.1 Å². The van der Waals surface area contributed by atoms with Crippen molar-refractivity contribution in [3.05, 3.63) is 51.4 Å². The number of nitrogens with one attached hydrogen (secondary N) is 2. The minimum Gasteiger partial charge on any atom is -0.370 e. The van der Waals surface area contributed by atoms with Crippen molar-refractivity contribution in [2.45, 2.75) is 57.4 Å². The third kappa shape index (κ3) is 4.82. The molecule has 4 fully saturated rings. The first kappa shape index (κ1) is 26.7. The van der Waals surface area contributed by atoms with E-state index >= 15 is 0 Å². The topological polar surface area (TPSA) is 99.7 Å². The molecule has 0 amide bonds. The zero-order valence-electron chi connectivity index (χ0n) is 21.8. The number of anilines is 1. The lowest BCUT2D eigenvalue weighted by molar-refractivity contribution is -0.0370. The summed E-state index contributed by atoms with van der Waals surface area (Å²) >= 11 is 12.9. The van der Waals surface area contributed by atoms with Gasteiger partial charge in [0.05, 0.1) is 40.2 Å². The molecule has 0 radical (unpaired) electrons. The van der Waals surface area contributed by atoms with Crippen LogP contribution in [-0.4, -0.2) is 67.3 Å². The highest BCUT2D eigenvalue weighted by molar-refractivity contribution is 7.88. The van der Waals surface area contributed by atoms with Crippen LogP contribution in [0.2, 0.25) is 10.0 Å². The molecule has 1 saturated carbocycles. The van der Waals surface area contributed by atoms with Gasteiger partial charge >= 0.3 is 0 Å². The summed E-state index contributed by atoms with van der Waals surface area (Å²) in [6.45, 7) is 6.80. The maximum atomic E-state index is 11.7. The fraction of sp³-hybridized carbons (Fsp3) is 0.615. The monoisotopic (exact) mass is 580 g/mol. The SMILES string of the molecule is Cc1ncc(Cl)c([C@@H](C)OC2CCC3NNC(c4ccc(N5CC6(C5)CN(S(C)(=O)=O)C6)nc4)C3C2)c1Cl. The van der Waals surface area contributed by atoms with E-state index in [1.807, 2.05) is 20.0 Å². The number of ether oxygens (including phenoxy) is 1. The minimum absolute atomic E-state index is 0.0885. The Hall–Kier alpha value is -1.53. The lowest BCUT2D eigenvalue weighted by atomic mass is 9.74. The maximum absolute atomic E-state index is 11.7. The van der Waals surface area contributed by atoms with Crippen LogP contribution in [0.4, 0.5) is 5.82 Å². The third-order valence-electron chi connectivity index (χ3n) is 8.69. The fourth-order valence-electron chi connectivity index (χ4n) is 6.61. The van der Waals surface area contributed by atoms with Crippen molar-refractivity contribution in [2.75, 3.05) is 37.3 Å². The molecule has 1 spiro atoms. The summed E-state index contributed by atoms with van der Waals surface area (Å²) < 4.78 is 31.5. The summed E-state index contributed by atoms with van der Waals surface area (Å²) in [4.78, 5) is 11.2. The average Bonchev–Trinajstić information content (AvgIpc) is 3.23. The molecule has 4 aliphatic rings. The van der Waals surface area contributed by atoms with Crippen molar-refractivity contribution < 1.29 is 13.2 Å². The van der Waals surface area contributed by atoms with Crippen molar-refractivity contribution in [2.24, 2.45) is 11.3 Å². The van der Waals surface area contributed by atoms with Crippen molar-refractivity contribution in [3.63, 3.8) is 0 Å². The first-order valence-corrected chi connectivity index (χ1v) is 15.8. The predicted molar refractivity (Wildman–Crippen MR) is 148 cm³/mol. The van der Waals surface area contributed by atoms with Gasteiger partial charge in [-0.2, -0.15) is 0 Å². The molecular formula is C26H34Cl2N6O3S. The summed E-state index contributed by atoms with van der Waals surface area (Å²) in [5.41, 5.74) is 9.79. The zero-order chi connectivity index (χ0) is 26.8.